The Bertz CT molecular complexity index is 639. The molecule has 1 fully saturated rings. The molecular weight excluding hydrogens is 270 g/mol. The Hall–Kier alpha value is -2.15. The molecule has 0 aromatic heterocycles. The Kier molecular flexibility index (Phi) is 4.85. The lowest BCUT2D eigenvalue weighted by Gasteiger charge is -2.34. The molecule has 1 aliphatic rings. The van der Waals surface area contributed by atoms with E-state index in [4.69, 9.17) is 0 Å². The van der Waals surface area contributed by atoms with E-state index in [1.807, 2.05) is 6.07 Å². The Morgan fingerprint density at radius 2 is 1.73 bits per heavy atom. The molecular formula is C19H21N3. The standard InChI is InChI=1S/C19H21N3/c20-10-9-19(22-13-11-21-12-14-22)18-8-4-7-17(15-18)16-5-2-1-3-6-16/h1-8,15,19,21H,9,11-14H2/t19-/m0/s1. The van der Waals surface area contributed by atoms with Crippen LogP contribution < -0.4 is 5.32 Å². The highest BCUT2D eigenvalue weighted by Crippen LogP contribution is 2.28. The predicted molar refractivity (Wildman–Crippen MR) is 89.3 cm³/mol. The summed E-state index contributed by atoms with van der Waals surface area (Å²) in [6.45, 7) is 4.00. The maximum absolute atomic E-state index is 9.22. The molecule has 3 heteroatoms. The number of nitrogens with zero attached hydrogens (tertiary/aromatic N) is 2. The Balaban J connectivity index is 1.89. The van der Waals surface area contributed by atoms with Gasteiger partial charge in [0.15, 0.2) is 0 Å². The van der Waals surface area contributed by atoms with Gasteiger partial charge in [-0.25, -0.2) is 0 Å². The topological polar surface area (TPSA) is 39.1 Å². The third-order valence-electron chi connectivity index (χ3n) is 4.26. The highest BCUT2D eigenvalue weighted by atomic mass is 15.2. The van der Waals surface area contributed by atoms with Crippen molar-refractivity contribution >= 4 is 0 Å². The Labute approximate surface area is 132 Å². The molecule has 3 rings (SSSR count). The summed E-state index contributed by atoms with van der Waals surface area (Å²) in [6.07, 6.45) is 0.540. The van der Waals surface area contributed by atoms with Gasteiger partial charge in [0.25, 0.3) is 0 Å². The first-order valence-electron chi connectivity index (χ1n) is 7.85. The lowest BCUT2D eigenvalue weighted by Crippen LogP contribution is -2.45. The zero-order chi connectivity index (χ0) is 15.2. The molecule has 1 aliphatic heterocycles. The van der Waals surface area contributed by atoms with Crippen LogP contribution in [0.15, 0.2) is 54.6 Å². The molecule has 112 valence electrons. The van der Waals surface area contributed by atoms with E-state index >= 15 is 0 Å². The van der Waals surface area contributed by atoms with Crippen LogP contribution in [0, 0.1) is 11.3 Å². The van der Waals surface area contributed by atoms with Gasteiger partial charge in [0.2, 0.25) is 0 Å². The SMILES string of the molecule is N#CC[C@@H](c1cccc(-c2ccccc2)c1)N1CCNCC1. The van der Waals surface area contributed by atoms with Crippen LogP contribution in [0.1, 0.15) is 18.0 Å². The zero-order valence-corrected chi connectivity index (χ0v) is 12.7. The van der Waals surface area contributed by atoms with Gasteiger partial charge in [0, 0.05) is 32.2 Å². The van der Waals surface area contributed by atoms with E-state index in [0.717, 1.165) is 26.2 Å². The summed E-state index contributed by atoms with van der Waals surface area (Å²) < 4.78 is 0. The van der Waals surface area contributed by atoms with E-state index in [0.29, 0.717) is 6.42 Å². The van der Waals surface area contributed by atoms with Crippen molar-refractivity contribution < 1.29 is 0 Å². The second-order valence-corrected chi connectivity index (χ2v) is 5.66. The summed E-state index contributed by atoms with van der Waals surface area (Å²) in [6, 6.07) is 21.6. The molecule has 2 aromatic carbocycles. The molecule has 0 radical (unpaired) electrons. The van der Waals surface area contributed by atoms with Crippen LogP contribution in [0.2, 0.25) is 0 Å². The number of rotatable bonds is 4. The lowest BCUT2D eigenvalue weighted by molar-refractivity contribution is 0.175. The average molecular weight is 291 g/mol. The van der Waals surface area contributed by atoms with Crippen LogP contribution in [0.25, 0.3) is 11.1 Å². The molecule has 0 bridgehead atoms. The van der Waals surface area contributed by atoms with Gasteiger partial charge in [-0.3, -0.25) is 4.90 Å². The predicted octanol–water partition coefficient (Wildman–Crippen LogP) is 3.21. The van der Waals surface area contributed by atoms with Gasteiger partial charge in [0.05, 0.1) is 12.5 Å². The first kappa shape index (κ1) is 14.8. The molecule has 1 saturated heterocycles. The lowest BCUT2D eigenvalue weighted by atomic mass is 9.97. The smallest absolute Gasteiger partial charge is 0.0641 e. The van der Waals surface area contributed by atoms with Crippen molar-refractivity contribution in [3.8, 4) is 17.2 Å². The normalized spacial score (nSPS) is 16.9. The monoisotopic (exact) mass is 291 g/mol. The van der Waals surface area contributed by atoms with Crippen molar-refractivity contribution in [1.82, 2.24) is 10.2 Å². The van der Waals surface area contributed by atoms with Crippen molar-refractivity contribution in [2.75, 3.05) is 26.2 Å². The van der Waals surface area contributed by atoms with Crippen LogP contribution in [0.5, 0.6) is 0 Å². The second kappa shape index (κ2) is 7.22. The molecule has 3 nitrogen and oxygen atoms in total. The molecule has 1 heterocycles. The fourth-order valence-corrected chi connectivity index (χ4v) is 3.09. The van der Waals surface area contributed by atoms with Crippen molar-refractivity contribution in [2.24, 2.45) is 0 Å². The van der Waals surface area contributed by atoms with Gasteiger partial charge < -0.3 is 5.32 Å². The first-order chi connectivity index (χ1) is 10.9. The van der Waals surface area contributed by atoms with Crippen molar-refractivity contribution in [2.45, 2.75) is 12.5 Å². The van der Waals surface area contributed by atoms with Crippen LogP contribution in [-0.2, 0) is 0 Å². The van der Waals surface area contributed by atoms with Crippen LogP contribution in [-0.4, -0.2) is 31.1 Å². The van der Waals surface area contributed by atoms with Crippen LogP contribution in [0.3, 0.4) is 0 Å². The van der Waals surface area contributed by atoms with Crippen molar-refractivity contribution in [1.29, 1.82) is 5.26 Å². The Morgan fingerprint density at radius 3 is 2.45 bits per heavy atom. The Morgan fingerprint density at radius 1 is 1.00 bits per heavy atom. The summed E-state index contributed by atoms with van der Waals surface area (Å²) in [5, 5.41) is 12.6. The van der Waals surface area contributed by atoms with E-state index in [2.05, 4.69) is 64.8 Å². The van der Waals surface area contributed by atoms with Gasteiger partial charge in [-0.05, 0) is 22.8 Å². The molecule has 0 amide bonds. The largest absolute Gasteiger partial charge is 0.314 e. The van der Waals surface area contributed by atoms with Crippen molar-refractivity contribution in [3.63, 3.8) is 0 Å². The van der Waals surface area contributed by atoms with Gasteiger partial charge in [-0.1, -0.05) is 48.5 Å². The molecule has 0 spiro atoms. The van der Waals surface area contributed by atoms with Gasteiger partial charge >= 0.3 is 0 Å². The second-order valence-electron chi connectivity index (χ2n) is 5.66. The molecule has 1 atom stereocenters. The first-order valence-corrected chi connectivity index (χ1v) is 7.85. The summed E-state index contributed by atoms with van der Waals surface area (Å²) >= 11 is 0. The minimum Gasteiger partial charge on any atom is -0.314 e. The average Bonchev–Trinajstić information content (AvgIpc) is 2.61. The van der Waals surface area contributed by atoms with E-state index in [1.165, 1.54) is 16.7 Å². The summed E-state index contributed by atoms with van der Waals surface area (Å²) in [5.74, 6) is 0. The van der Waals surface area contributed by atoms with E-state index < -0.39 is 0 Å². The third-order valence-corrected chi connectivity index (χ3v) is 4.26. The van der Waals surface area contributed by atoms with Crippen LogP contribution in [0.4, 0.5) is 0 Å². The number of hydrogen-bond donors (Lipinski definition) is 1. The molecule has 0 saturated carbocycles. The van der Waals surface area contributed by atoms with Gasteiger partial charge in [-0.2, -0.15) is 5.26 Å². The summed E-state index contributed by atoms with van der Waals surface area (Å²) in [7, 11) is 0. The number of nitrogens with one attached hydrogen (secondary N) is 1. The number of piperazine rings is 1. The molecule has 0 aliphatic carbocycles. The number of hydrogen-bond acceptors (Lipinski definition) is 3. The number of nitriles is 1. The quantitative estimate of drug-likeness (QED) is 0.940. The fourth-order valence-electron chi connectivity index (χ4n) is 3.09. The summed E-state index contributed by atoms with van der Waals surface area (Å²) in [4.78, 5) is 2.42. The minimum absolute atomic E-state index is 0.191. The zero-order valence-electron chi connectivity index (χ0n) is 12.7. The minimum atomic E-state index is 0.191. The fraction of sp³-hybridized carbons (Fsp3) is 0.316. The third kappa shape index (κ3) is 3.36. The maximum atomic E-state index is 9.22. The van der Waals surface area contributed by atoms with Gasteiger partial charge in [0.1, 0.15) is 0 Å². The van der Waals surface area contributed by atoms with Crippen LogP contribution >= 0.6 is 0 Å². The molecule has 1 N–H and O–H groups in total. The molecule has 22 heavy (non-hydrogen) atoms. The van der Waals surface area contributed by atoms with Crippen molar-refractivity contribution in [3.05, 3.63) is 60.2 Å². The highest BCUT2D eigenvalue weighted by Gasteiger charge is 2.22. The highest BCUT2D eigenvalue weighted by molar-refractivity contribution is 5.64. The molecule has 0 unspecified atom stereocenters. The van der Waals surface area contributed by atoms with E-state index in [-0.39, 0.29) is 6.04 Å². The maximum Gasteiger partial charge on any atom is 0.0641 e. The van der Waals surface area contributed by atoms with Gasteiger partial charge in [-0.15, -0.1) is 0 Å². The number of benzene rings is 2. The summed E-state index contributed by atoms with van der Waals surface area (Å²) in [5.41, 5.74) is 3.68. The van der Waals surface area contributed by atoms with E-state index in [1.54, 1.807) is 0 Å². The molecule has 2 aromatic rings. The van der Waals surface area contributed by atoms with E-state index in [9.17, 15) is 5.26 Å².